The highest BCUT2D eigenvalue weighted by Gasteiger charge is 2.03. The molecule has 0 radical (unpaired) electrons. The molecule has 0 bridgehead atoms. The van der Waals surface area contributed by atoms with Gasteiger partial charge in [-0.25, -0.2) is 4.68 Å². The van der Waals surface area contributed by atoms with Crippen molar-refractivity contribution in [1.29, 1.82) is 0 Å². The zero-order valence-corrected chi connectivity index (χ0v) is 13.1. The second-order valence-electron chi connectivity index (χ2n) is 6.00. The Kier molecular flexibility index (Phi) is 8.52. The van der Waals surface area contributed by atoms with E-state index in [0.29, 0.717) is 0 Å². The molecule has 1 heterocycles. The molecule has 0 amide bonds. The van der Waals surface area contributed by atoms with Gasteiger partial charge in [0, 0.05) is 6.54 Å². The third kappa shape index (κ3) is 7.34. The molecule has 0 N–H and O–H groups in total. The molecule has 0 unspecified atom stereocenters. The molecule has 1 rings (SSSR count). The number of aromatic nitrogens is 3. The largest absolute Gasteiger partial charge is 0.249 e. The van der Waals surface area contributed by atoms with Crippen LogP contribution in [0.25, 0.3) is 0 Å². The highest BCUT2D eigenvalue weighted by molar-refractivity contribution is 4.93. The summed E-state index contributed by atoms with van der Waals surface area (Å²) < 4.78 is 2.11. The Labute approximate surface area is 118 Å². The molecule has 0 aliphatic heterocycles. The predicted molar refractivity (Wildman–Crippen MR) is 81.2 cm³/mol. The van der Waals surface area contributed by atoms with Crippen LogP contribution < -0.4 is 0 Å². The Bertz CT molecular complexity index is 318. The van der Waals surface area contributed by atoms with Gasteiger partial charge in [-0.2, -0.15) is 0 Å². The quantitative estimate of drug-likeness (QED) is 0.547. The molecule has 0 aromatic carbocycles. The van der Waals surface area contributed by atoms with E-state index >= 15 is 0 Å². The van der Waals surface area contributed by atoms with Crippen molar-refractivity contribution in [2.45, 2.75) is 85.1 Å². The van der Waals surface area contributed by atoms with Crippen LogP contribution in [-0.2, 0) is 13.0 Å². The lowest BCUT2D eigenvalue weighted by molar-refractivity contribution is 0.474. The van der Waals surface area contributed by atoms with Crippen molar-refractivity contribution in [3.8, 4) is 0 Å². The van der Waals surface area contributed by atoms with Crippen molar-refractivity contribution in [3.05, 3.63) is 11.9 Å². The summed E-state index contributed by atoms with van der Waals surface area (Å²) in [7, 11) is 0. The van der Waals surface area contributed by atoms with Crippen LogP contribution >= 0.6 is 0 Å². The van der Waals surface area contributed by atoms with Gasteiger partial charge < -0.3 is 0 Å². The van der Waals surface area contributed by atoms with Gasteiger partial charge in [0.25, 0.3) is 0 Å². The normalized spacial score (nSPS) is 11.4. The summed E-state index contributed by atoms with van der Waals surface area (Å²) in [6, 6.07) is 0. The SMILES string of the molecule is CCCCCCCc1cnnn1CCCCC(C)C. The Morgan fingerprint density at radius 3 is 2.58 bits per heavy atom. The van der Waals surface area contributed by atoms with Crippen LogP contribution in [0.4, 0.5) is 0 Å². The summed E-state index contributed by atoms with van der Waals surface area (Å²) >= 11 is 0. The van der Waals surface area contributed by atoms with E-state index in [-0.39, 0.29) is 0 Å². The third-order valence-electron chi connectivity index (χ3n) is 3.64. The van der Waals surface area contributed by atoms with Crippen molar-refractivity contribution < 1.29 is 0 Å². The van der Waals surface area contributed by atoms with E-state index in [9.17, 15) is 0 Å². The summed E-state index contributed by atoms with van der Waals surface area (Å²) in [6.07, 6.45) is 13.6. The van der Waals surface area contributed by atoms with Crippen LogP contribution in [0.5, 0.6) is 0 Å². The van der Waals surface area contributed by atoms with Gasteiger partial charge in [0.15, 0.2) is 0 Å². The zero-order valence-electron chi connectivity index (χ0n) is 13.1. The van der Waals surface area contributed by atoms with E-state index in [1.807, 2.05) is 6.20 Å². The molecular formula is C16H31N3. The first kappa shape index (κ1) is 16.2. The fraction of sp³-hybridized carbons (Fsp3) is 0.875. The van der Waals surface area contributed by atoms with Crippen LogP contribution in [0.2, 0.25) is 0 Å². The summed E-state index contributed by atoms with van der Waals surface area (Å²) in [6.45, 7) is 7.88. The van der Waals surface area contributed by atoms with E-state index in [2.05, 4.69) is 35.8 Å². The minimum Gasteiger partial charge on any atom is -0.249 e. The lowest BCUT2D eigenvalue weighted by Crippen LogP contribution is -2.06. The molecule has 3 heteroatoms. The van der Waals surface area contributed by atoms with Crippen LogP contribution in [0.3, 0.4) is 0 Å². The molecule has 0 fully saturated rings. The summed E-state index contributed by atoms with van der Waals surface area (Å²) in [4.78, 5) is 0. The molecule has 0 saturated carbocycles. The lowest BCUT2D eigenvalue weighted by atomic mass is 10.1. The Morgan fingerprint density at radius 1 is 1.05 bits per heavy atom. The average molecular weight is 265 g/mol. The number of aryl methyl sites for hydroxylation is 2. The third-order valence-corrected chi connectivity index (χ3v) is 3.64. The van der Waals surface area contributed by atoms with E-state index in [0.717, 1.165) is 18.9 Å². The maximum atomic E-state index is 4.21. The van der Waals surface area contributed by atoms with Crippen molar-refractivity contribution in [2.24, 2.45) is 5.92 Å². The van der Waals surface area contributed by atoms with Crippen molar-refractivity contribution in [2.75, 3.05) is 0 Å². The molecule has 3 nitrogen and oxygen atoms in total. The van der Waals surface area contributed by atoms with E-state index < -0.39 is 0 Å². The maximum absolute atomic E-state index is 4.21. The van der Waals surface area contributed by atoms with Crippen molar-refractivity contribution in [1.82, 2.24) is 15.0 Å². The van der Waals surface area contributed by atoms with Crippen LogP contribution in [0, 0.1) is 5.92 Å². The standard InChI is InChI=1S/C16H31N3/c1-4-5-6-7-8-12-16-14-17-18-19(16)13-10-9-11-15(2)3/h14-15H,4-13H2,1-3H3. The van der Waals surface area contributed by atoms with Crippen LogP contribution in [-0.4, -0.2) is 15.0 Å². The minimum absolute atomic E-state index is 0.814. The fourth-order valence-electron chi connectivity index (χ4n) is 2.38. The molecule has 0 atom stereocenters. The Hall–Kier alpha value is -0.860. The van der Waals surface area contributed by atoms with Crippen LogP contribution in [0.1, 0.15) is 77.8 Å². The summed E-state index contributed by atoms with van der Waals surface area (Å²) in [5.74, 6) is 0.814. The van der Waals surface area contributed by atoms with Gasteiger partial charge in [0.1, 0.15) is 0 Å². The monoisotopic (exact) mass is 265 g/mol. The van der Waals surface area contributed by atoms with Crippen molar-refractivity contribution in [3.63, 3.8) is 0 Å². The van der Waals surface area contributed by atoms with Gasteiger partial charge in [0.2, 0.25) is 0 Å². The molecule has 110 valence electrons. The highest BCUT2D eigenvalue weighted by atomic mass is 15.4. The second-order valence-corrected chi connectivity index (χ2v) is 6.00. The molecule has 19 heavy (non-hydrogen) atoms. The van der Waals surface area contributed by atoms with Gasteiger partial charge in [-0.05, 0) is 25.2 Å². The summed E-state index contributed by atoms with van der Waals surface area (Å²) in [5, 5.41) is 8.28. The average Bonchev–Trinajstić information content (AvgIpc) is 2.82. The van der Waals surface area contributed by atoms with Gasteiger partial charge >= 0.3 is 0 Å². The smallest absolute Gasteiger partial charge is 0.0725 e. The van der Waals surface area contributed by atoms with Gasteiger partial charge in [-0.1, -0.05) is 64.5 Å². The van der Waals surface area contributed by atoms with E-state index in [4.69, 9.17) is 0 Å². The topological polar surface area (TPSA) is 30.7 Å². The van der Waals surface area contributed by atoms with Crippen molar-refractivity contribution >= 4 is 0 Å². The number of rotatable bonds is 11. The molecule has 0 aliphatic rings. The molecule has 1 aromatic heterocycles. The number of hydrogen-bond donors (Lipinski definition) is 0. The van der Waals surface area contributed by atoms with Gasteiger partial charge in [-0.3, -0.25) is 0 Å². The van der Waals surface area contributed by atoms with Gasteiger partial charge in [0.05, 0.1) is 11.9 Å². The first-order valence-corrected chi connectivity index (χ1v) is 8.11. The first-order chi connectivity index (χ1) is 9.24. The van der Waals surface area contributed by atoms with E-state index in [1.165, 1.54) is 57.1 Å². The Balaban J connectivity index is 2.18. The minimum atomic E-state index is 0.814. The fourth-order valence-corrected chi connectivity index (χ4v) is 2.38. The maximum Gasteiger partial charge on any atom is 0.0725 e. The van der Waals surface area contributed by atoms with E-state index in [1.54, 1.807) is 0 Å². The zero-order chi connectivity index (χ0) is 13.9. The lowest BCUT2D eigenvalue weighted by Gasteiger charge is -2.07. The molecule has 1 aromatic rings. The second kappa shape index (κ2) is 9.99. The highest BCUT2D eigenvalue weighted by Crippen LogP contribution is 2.10. The number of hydrogen-bond acceptors (Lipinski definition) is 2. The Morgan fingerprint density at radius 2 is 1.84 bits per heavy atom. The molecule has 0 aliphatic carbocycles. The van der Waals surface area contributed by atoms with Gasteiger partial charge in [-0.15, -0.1) is 5.10 Å². The van der Waals surface area contributed by atoms with Crippen LogP contribution in [0.15, 0.2) is 6.20 Å². The molecule has 0 saturated heterocycles. The number of unbranched alkanes of at least 4 members (excludes halogenated alkanes) is 5. The molecule has 0 spiro atoms. The number of nitrogens with zero attached hydrogens (tertiary/aromatic N) is 3. The molecular weight excluding hydrogens is 234 g/mol. The predicted octanol–water partition coefficient (Wildman–Crippen LogP) is 4.62. The summed E-state index contributed by atoms with van der Waals surface area (Å²) in [5.41, 5.74) is 1.32. The first-order valence-electron chi connectivity index (χ1n) is 8.11.